The first kappa shape index (κ1) is 22.9. The molecule has 3 aromatic carbocycles. The Balaban J connectivity index is 1.29. The third kappa shape index (κ3) is 6.36. The third-order valence-corrected chi connectivity index (χ3v) is 5.17. The van der Waals surface area contributed by atoms with E-state index in [2.05, 4.69) is 10.3 Å². The number of hydrogen-bond donors (Lipinski definition) is 1. The van der Waals surface area contributed by atoms with Gasteiger partial charge in [-0.05, 0) is 47.5 Å². The van der Waals surface area contributed by atoms with Crippen LogP contribution in [-0.4, -0.2) is 18.0 Å². The highest BCUT2D eigenvalue weighted by Gasteiger charge is 2.11. The van der Waals surface area contributed by atoms with Gasteiger partial charge in [-0.2, -0.15) is 0 Å². The fraction of sp³-hybridized carbons (Fsp3) is 0.143. The van der Waals surface area contributed by atoms with Crippen molar-refractivity contribution in [1.82, 2.24) is 10.3 Å². The number of nitrogens with zero attached hydrogens (tertiary/aromatic N) is 1. The van der Waals surface area contributed by atoms with Gasteiger partial charge in [0.1, 0.15) is 19.0 Å². The topological polar surface area (TPSA) is 69.7 Å². The maximum Gasteiger partial charge on any atom is 0.251 e. The first-order chi connectivity index (χ1) is 16.7. The Morgan fingerprint density at radius 3 is 2.29 bits per heavy atom. The zero-order chi connectivity index (χ0) is 23.6. The lowest BCUT2D eigenvalue weighted by Crippen LogP contribution is -2.22. The Hall–Kier alpha value is -4.32. The standard InChI is InChI=1S/C28H26N2O4/c1-32-27-16-24(11-14-26(27)34-19-22-6-3-2-4-7-22)28(31)30-18-21-9-12-25(13-10-21)33-20-23-8-5-15-29-17-23/h2-17H,18-20H2,1H3,(H,30,31). The molecule has 0 saturated heterocycles. The van der Waals surface area contributed by atoms with Crippen LogP contribution < -0.4 is 19.5 Å². The molecule has 34 heavy (non-hydrogen) atoms. The van der Waals surface area contributed by atoms with Crippen molar-refractivity contribution in [3.05, 3.63) is 120 Å². The van der Waals surface area contributed by atoms with E-state index in [1.165, 1.54) is 0 Å². The molecule has 6 nitrogen and oxygen atoms in total. The molecule has 172 valence electrons. The number of nitrogens with one attached hydrogen (secondary N) is 1. The monoisotopic (exact) mass is 454 g/mol. The molecule has 0 spiro atoms. The fourth-order valence-corrected chi connectivity index (χ4v) is 3.30. The van der Waals surface area contributed by atoms with Gasteiger partial charge in [-0.1, -0.05) is 48.5 Å². The third-order valence-electron chi connectivity index (χ3n) is 5.17. The molecule has 1 aromatic heterocycles. The van der Waals surface area contributed by atoms with Gasteiger partial charge in [0.25, 0.3) is 5.91 Å². The highest BCUT2D eigenvalue weighted by molar-refractivity contribution is 5.94. The molecular formula is C28H26N2O4. The molecule has 0 radical (unpaired) electrons. The van der Waals surface area contributed by atoms with Crippen LogP contribution in [-0.2, 0) is 19.8 Å². The molecule has 0 saturated carbocycles. The Bertz CT molecular complexity index is 1200. The highest BCUT2D eigenvalue weighted by atomic mass is 16.5. The number of amides is 1. The van der Waals surface area contributed by atoms with Gasteiger partial charge >= 0.3 is 0 Å². The first-order valence-electron chi connectivity index (χ1n) is 10.9. The van der Waals surface area contributed by atoms with Crippen LogP contribution in [0, 0.1) is 0 Å². The van der Waals surface area contributed by atoms with Crippen LogP contribution in [0.15, 0.2) is 97.3 Å². The van der Waals surface area contributed by atoms with Crippen molar-refractivity contribution in [3.63, 3.8) is 0 Å². The van der Waals surface area contributed by atoms with Crippen molar-refractivity contribution in [2.24, 2.45) is 0 Å². The predicted octanol–water partition coefficient (Wildman–Crippen LogP) is 5.18. The van der Waals surface area contributed by atoms with Gasteiger partial charge in [-0.25, -0.2) is 0 Å². The molecule has 0 aliphatic carbocycles. The van der Waals surface area contributed by atoms with Gasteiger partial charge in [-0.15, -0.1) is 0 Å². The number of rotatable bonds is 10. The van der Waals surface area contributed by atoms with Crippen LogP contribution in [0.3, 0.4) is 0 Å². The summed E-state index contributed by atoms with van der Waals surface area (Å²) >= 11 is 0. The second-order valence-electron chi connectivity index (χ2n) is 7.62. The summed E-state index contributed by atoms with van der Waals surface area (Å²) in [6.07, 6.45) is 3.51. The molecule has 4 aromatic rings. The van der Waals surface area contributed by atoms with Gasteiger partial charge in [-0.3, -0.25) is 9.78 Å². The molecule has 0 atom stereocenters. The highest BCUT2D eigenvalue weighted by Crippen LogP contribution is 2.29. The number of hydrogen-bond acceptors (Lipinski definition) is 5. The Kier molecular flexibility index (Phi) is 7.74. The average molecular weight is 455 g/mol. The molecule has 0 unspecified atom stereocenters. The SMILES string of the molecule is COc1cc(C(=O)NCc2ccc(OCc3cccnc3)cc2)ccc1OCc1ccccc1. The van der Waals surface area contributed by atoms with E-state index in [0.717, 1.165) is 22.4 Å². The number of ether oxygens (including phenoxy) is 3. The number of carbonyl (C=O) groups is 1. The maximum absolute atomic E-state index is 12.7. The smallest absolute Gasteiger partial charge is 0.251 e. The minimum atomic E-state index is -0.190. The van der Waals surface area contributed by atoms with E-state index < -0.39 is 0 Å². The van der Waals surface area contributed by atoms with Crippen molar-refractivity contribution in [1.29, 1.82) is 0 Å². The molecule has 0 aliphatic rings. The zero-order valence-corrected chi connectivity index (χ0v) is 18.9. The number of methoxy groups -OCH3 is 1. The minimum Gasteiger partial charge on any atom is -0.493 e. The number of pyridine rings is 1. The molecule has 1 heterocycles. The van der Waals surface area contributed by atoms with Gasteiger partial charge in [0.15, 0.2) is 11.5 Å². The quantitative estimate of drug-likeness (QED) is 0.358. The summed E-state index contributed by atoms with van der Waals surface area (Å²) in [5.74, 6) is 1.67. The van der Waals surface area contributed by atoms with E-state index in [4.69, 9.17) is 14.2 Å². The zero-order valence-electron chi connectivity index (χ0n) is 18.9. The number of aromatic nitrogens is 1. The van der Waals surface area contributed by atoms with Crippen LogP contribution in [0.25, 0.3) is 0 Å². The Labute approximate surface area is 199 Å². The number of carbonyl (C=O) groups excluding carboxylic acids is 1. The van der Waals surface area contributed by atoms with E-state index in [1.807, 2.05) is 66.7 Å². The number of benzene rings is 3. The molecule has 0 bridgehead atoms. The lowest BCUT2D eigenvalue weighted by molar-refractivity contribution is 0.0950. The maximum atomic E-state index is 12.7. The van der Waals surface area contributed by atoms with Gasteiger partial charge in [0.05, 0.1) is 7.11 Å². The largest absolute Gasteiger partial charge is 0.493 e. The molecule has 0 aliphatic heterocycles. The van der Waals surface area contributed by atoms with Crippen LogP contribution >= 0.6 is 0 Å². The fourth-order valence-electron chi connectivity index (χ4n) is 3.30. The molecule has 1 N–H and O–H groups in total. The van der Waals surface area contributed by atoms with Crippen LogP contribution in [0.2, 0.25) is 0 Å². The Morgan fingerprint density at radius 2 is 1.56 bits per heavy atom. The van der Waals surface area contributed by atoms with E-state index in [1.54, 1.807) is 37.7 Å². The Morgan fingerprint density at radius 1 is 0.794 bits per heavy atom. The van der Waals surface area contributed by atoms with Crippen molar-refractivity contribution in [3.8, 4) is 17.2 Å². The van der Waals surface area contributed by atoms with Crippen molar-refractivity contribution < 1.29 is 19.0 Å². The second-order valence-corrected chi connectivity index (χ2v) is 7.62. The minimum absolute atomic E-state index is 0.190. The van der Waals surface area contributed by atoms with Crippen molar-refractivity contribution in [2.45, 2.75) is 19.8 Å². The van der Waals surface area contributed by atoms with Crippen LogP contribution in [0.1, 0.15) is 27.0 Å². The summed E-state index contributed by atoms with van der Waals surface area (Å²) in [6, 6.07) is 26.5. The van der Waals surface area contributed by atoms with Gasteiger partial charge in [0, 0.05) is 30.1 Å². The van der Waals surface area contributed by atoms with Crippen molar-refractivity contribution >= 4 is 5.91 Å². The van der Waals surface area contributed by atoms with Crippen LogP contribution in [0.5, 0.6) is 17.2 Å². The average Bonchev–Trinajstić information content (AvgIpc) is 2.91. The first-order valence-corrected chi connectivity index (χ1v) is 10.9. The normalized spacial score (nSPS) is 10.4. The van der Waals surface area contributed by atoms with E-state index in [9.17, 15) is 4.79 Å². The van der Waals surface area contributed by atoms with E-state index in [0.29, 0.717) is 36.8 Å². The van der Waals surface area contributed by atoms with E-state index >= 15 is 0 Å². The van der Waals surface area contributed by atoms with Gasteiger partial charge < -0.3 is 19.5 Å². The summed E-state index contributed by atoms with van der Waals surface area (Å²) in [7, 11) is 1.56. The molecular weight excluding hydrogens is 428 g/mol. The van der Waals surface area contributed by atoms with E-state index in [-0.39, 0.29) is 5.91 Å². The molecule has 4 rings (SSSR count). The molecule has 1 amide bonds. The summed E-state index contributed by atoms with van der Waals surface area (Å²) in [5.41, 5.74) is 3.53. The lowest BCUT2D eigenvalue weighted by atomic mass is 10.1. The van der Waals surface area contributed by atoms with Crippen LogP contribution in [0.4, 0.5) is 0 Å². The second kappa shape index (κ2) is 11.5. The summed E-state index contributed by atoms with van der Waals surface area (Å²) in [6.45, 7) is 1.28. The van der Waals surface area contributed by atoms with Crippen molar-refractivity contribution in [2.75, 3.05) is 7.11 Å². The predicted molar refractivity (Wildman–Crippen MR) is 130 cm³/mol. The summed E-state index contributed by atoms with van der Waals surface area (Å²) in [4.78, 5) is 16.7. The summed E-state index contributed by atoms with van der Waals surface area (Å²) in [5, 5.41) is 2.94. The molecule has 6 heteroatoms. The summed E-state index contributed by atoms with van der Waals surface area (Å²) < 4.78 is 17.1. The lowest BCUT2D eigenvalue weighted by Gasteiger charge is -2.13. The van der Waals surface area contributed by atoms with Gasteiger partial charge in [0.2, 0.25) is 0 Å². The molecule has 0 fully saturated rings.